The molecule has 22 heavy (non-hydrogen) atoms. The Kier molecular flexibility index (Phi) is 5.55. The Bertz CT molecular complexity index is 516. The molecule has 3 amide bonds. The van der Waals surface area contributed by atoms with Crippen molar-refractivity contribution in [3.8, 4) is 0 Å². The lowest BCUT2D eigenvalue weighted by molar-refractivity contribution is -0.128. The lowest BCUT2D eigenvalue weighted by Crippen LogP contribution is -2.55. The normalized spacial score (nSPS) is 19.4. The zero-order chi connectivity index (χ0) is 16.1. The van der Waals surface area contributed by atoms with Crippen LogP contribution in [0.25, 0.3) is 0 Å². The SMILES string of the molecule is CC(C)CNC(=O)NC(=O)[C@H](C)N1CC[C@@H]1c1ccccc1. The number of carbonyl (C=O) groups excluding carboxylic acids is 2. The van der Waals surface area contributed by atoms with Crippen LogP contribution in [0.4, 0.5) is 4.79 Å². The second-order valence-corrected chi connectivity index (χ2v) is 6.22. The van der Waals surface area contributed by atoms with Crippen molar-refractivity contribution in [3.05, 3.63) is 35.9 Å². The summed E-state index contributed by atoms with van der Waals surface area (Å²) in [4.78, 5) is 26.0. The van der Waals surface area contributed by atoms with Gasteiger partial charge in [0.15, 0.2) is 0 Å². The highest BCUT2D eigenvalue weighted by molar-refractivity contribution is 5.96. The van der Waals surface area contributed by atoms with E-state index in [2.05, 4.69) is 27.7 Å². The number of nitrogens with zero attached hydrogens (tertiary/aromatic N) is 1. The second-order valence-electron chi connectivity index (χ2n) is 6.22. The summed E-state index contributed by atoms with van der Waals surface area (Å²) in [5, 5.41) is 5.12. The standard InChI is InChI=1S/C17H25N3O2/c1-12(2)11-18-17(22)19-16(21)13(3)20-10-9-15(20)14-7-5-4-6-8-14/h4-8,12-13,15H,9-11H2,1-3H3,(H2,18,19,21,22)/t13-,15+/m0/s1. The molecular weight excluding hydrogens is 278 g/mol. The number of urea groups is 1. The van der Waals surface area contributed by atoms with Gasteiger partial charge in [-0.25, -0.2) is 4.79 Å². The number of nitrogens with one attached hydrogen (secondary N) is 2. The minimum Gasteiger partial charge on any atom is -0.338 e. The van der Waals surface area contributed by atoms with E-state index in [4.69, 9.17) is 0 Å². The lowest BCUT2D eigenvalue weighted by atomic mass is 9.92. The van der Waals surface area contributed by atoms with Crippen LogP contribution in [0.2, 0.25) is 0 Å². The molecule has 0 aliphatic carbocycles. The van der Waals surface area contributed by atoms with Gasteiger partial charge in [-0.3, -0.25) is 15.0 Å². The van der Waals surface area contributed by atoms with E-state index in [9.17, 15) is 9.59 Å². The van der Waals surface area contributed by atoms with Crippen LogP contribution >= 0.6 is 0 Å². The van der Waals surface area contributed by atoms with Crippen LogP contribution < -0.4 is 10.6 Å². The third kappa shape index (κ3) is 4.07. The van der Waals surface area contributed by atoms with Gasteiger partial charge >= 0.3 is 6.03 Å². The zero-order valence-corrected chi connectivity index (χ0v) is 13.5. The van der Waals surface area contributed by atoms with Crippen LogP contribution in [-0.2, 0) is 4.79 Å². The zero-order valence-electron chi connectivity index (χ0n) is 13.5. The van der Waals surface area contributed by atoms with Crippen molar-refractivity contribution in [1.29, 1.82) is 0 Å². The number of hydrogen-bond donors (Lipinski definition) is 2. The molecule has 0 spiro atoms. The van der Waals surface area contributed by atoms with Crippen LogP contribution in [0.15, 0.2) is 30.3 Å². The van der Waals surface area contributed by atoms with Gasteiger partial charge in [0.25, 0.3) is 0 Å². The summed E-state index contributed by atoms with van der Waals surface area (Å²) in [6, 6.07) is 9.70. The molecule has 2 rings (SSSR count). The smallest absolute Gasteiger partial charge is 0.321 e. The Morgan fingerprint density at radius 3 is 2.45 bits per heavy atom. The van der Waals surface area contributed by atoms with E-state index in [0.29, 0.717) is 12.5 Å². The first-order valence-electron chi connectivity index (χ1n) is 7.88. The molecule has 5 heteroatoms. The largest absolute Gasteiger partial charge is 0.338 e. The maximum absolute atomic E-state index is 12.2. The van der Waals surface area contributed by atoms with E-state index < -0.39 is 6.03 Å². The maximum atomic E-state index is 12.2. The van der Waals surface area contributed by atoms with Gasteiger partial charge in [0.1, 0.15) is 0 Å². The number of likely N-dealkylation sites (tertiary alicyclic amines) is 1. The third-order valence-corrected chi connectivity index (χ3v) is 4.03. The Labute approximate surface area is 132 Å². The predicted molar refractivity (Wildman–Crippen MR) is 86.3 cm³/mol. The van der Waals surface area contributed by atoms with Gasteiger partial charge in [0, 0.05) is 19.1 Å². The van der Waals surface area contributed by atoms with E-state index in [0.717, 1.165) is 13.0 Å². The van der Waals surface area contributed by atoms with Gasteiger partial charge in [-0.15, -0.1) is 0 Å². The fraction of sp³-hybridized carbons (Fsp3) is 0.529. The Morgan fingerprint density at radius 2 is 1.91 bits per heavy atom. The molecule has 120 valence electrons. The molecule has 0 radical (unpaired) electrons. The molecule has 5 nitrogen and oxygen atoms in total. The lowest BCUT2D eigenvalue weighted by Gasteiger charge is -2.44. The molecule has 0 aromatic heterocycles. The third-order valence-electron chi connectivity index (χ3n) is 4.03. The monoisotopic (exact) mass is 303 g/mol. The van der Waals surface area contributed by atoms with E-state index in [1.54, 1.807) is 0 Å². The Morgan fingerprint density at radius 1 is 1.23 bits per heavy atom. The van der Waals surface area contributed by atoms with E-state index in [1.807, 2.05) is 39.0 Å². The first-order chi connectivity index (χ1) is 10.5. The fourth-order valence-corrected chi connectivity index (χ4v) is 2.61. The summed E-state index contributed by atoms with van der Waals surface area (Å²) < 4.78 is 0. The highest BCUT2D eigenvalue weighted by atomic mass is 16.2. The van der Waals surface area contributed by atoms with Crippen LogP contribution in [0, 0.1) is 5.92 Å². The number of amides is 3. The summed E-state index contributed by atoms with van der Waals surface area (Å²) in [5.74, 6) is 0.109. The molecule has 1 heterocycles. The Hall–Kier alpha value is -1.88. The maximum Gasteiger partial charge on any atom is 0.321 e. The summed E-state index contributed by atoms with van der Waals surface area (Å²) in [6.45, 7) is 7.30. The first-order valence-corrected chi connectivity index (χ1v) is 7.88. The molecule has 2 N–H and O–H groups in total. The number of rotatable bonds is 5. The molecule has 1 aliphatic rings. The summed E-state index contributed by atoms with van der Waals surface area (Å²) in [5.41, 5.74) is 1.22. The van der Waals surface area contributed by atoms with Gasteiger partial charge in [-0.2, -0.15) is 0 Å². The number of carbonyl (C=O) groups is 2. The van der Waals surface area contributed by atoms with Crippen molar-refractivity contribution >= 4 is 11.9 Å². The van der Waals surface area contributed by atoms with Gasteiger partial charge in [0.05, 0.1) is 6.04 Å². The fourth-order valence-electron chi connectivity index (χ4n) is 2.61. The molecule has 1 aromatic rings. The molecule has 1 fully saturated rings. The minimum absolute atomic E-state index is 0.248. The highest BCUT2D eigenvalue weighted by Crippen LogP contribution is 2.34. The van der Waals surface area contributed by atoms with Crippen molar-refractivity contribution in [1.82, 2.24) is 15.5 Å². The van der Waals surface area contributed by atoms with Gasteiger partial charge in [-0.05, 0) is 24.8 Å². The van der Waals surface area contributed by atoms with Gasteiger partial charge in [-0.1, -0.05) is 44.2 Å². The van der Waals surface area contributed by atoms with Gasteiger partial charge < -0.3 is 5.32 Å². The molecular formula is C17H25N3O2. The summed E-state index contributed by atoms with van der Waals surface area (Å²) in [7, 11) is 0. The number of hydrogen-bond acceptors (Lipinski definition) is 3. The van der Waals surface area contributed by atoms with Crippen LogP contribution in [0.3, 0.4) is 0 Å². The van der Waals surface area contributed by atoms with Crippen LogP contribution in [0.1, 0.15) is 38.8 Å². The molecule has 1 saturated heterocycles. The summed E-state index contributed by atoms with van der Waals surface area (Å²) >= 11 is 0. The summed E-state index contributed by atoms with van der Waals surface area (Å²) in [6.07, 6.45) is 1.04. The Balaban J connectivity index is 1.87. The van der Waals surface area contributed by atoms with Crippen molar-refractivity contribution in [2.45, 2.75) is 39.3 Å². The van der Waals surface area contributed by atoms with E-state index in [1.165, 1.54) is 5.56 Å². The molecule has 1 aromatic carbocycles. The van der Waals surface area contributed by atoms with Crippen molar-refractivity contribution in [3.63, 3.8) is 0 Å². The average Bonchev–Trinajstić information content (AvgIpc) is 2.45. The van der Waals surface area contributed by atoms with Crippen molar-refractivity contribution in [2.24, 2.45) is 5.92 Å². The first kappa shape index (κ1) is 16.5. The van der Waals surface area contributed by atoms with Crippen molar-refractivity contribution < 1.29 is 9.59 Å². The van der Waals surface area contributed by atoms with Crippen LogP contribution in [0.5, 0.6) is 0 Å². The molecule has 2 atom stereocenters. The molecule has 0 bridgehead atoms. The number of benzene rings is 1. The number of imide groups is 1. The van der Waals surface area contributed by atoms with Gasteiger partial charge in [0.2, 0.25) is 5.91 Å². The molecule has 0 unspecified atom stereocenters. The minimum atomic E-state index is -0.415. The van der Waals surface area contributed by atoms with Crippen LogP contribution in [-0.4, -0.2) is 36.0 Å². The molecule has 0 saturated carbocycles. The quantitative estimate of drug-likeness (QED) is 0.877. The second kappa shape index (κ2) is 7.40. The van der Waals surface area contributed by atoms with E-state index in [-0.39, 0.29) is 18.0 Å². The van der Waals surface area contributed by atoms with Crippen molar-refractivity contribution in [2.75, 3.05) is 13.1 Å². The predicted octanol–water partition coefficient (Wildman–Crippen LogP) is 2.30. The average molecular weight is 303 g/mol. The topological polar surface area (TPSA) is 61.4 Å². The van der Waals surface area contributed by atoms with E-state index >= 15 is 0 Å². The highest BCUT2D eigenvalue weighted by Gasteiger charge is 2.36. The molecule has 1 aliphatic heterocycles.